The van der Waals surface area contributed by atoms with Crippen LogP contribution in [0.5, 0.6) is 0 Å². The molecular formula is C13H22N2O3S. The highest BCUT2D eigenvalue weighted by Gasteiger charge is 2.11. The van der Waals surface area contributed by atoms with Gasteiger partial charge in [-0.25, -0.2) is 0 Å². The highest BCUT2D eigenvalue weighted by Crippen LogP contribution is 2.01. The second-order valence-electron chi connectivity index (χ2n) is 4.16. The zero-order chi connectivity index (χ0) is 13.9. The Morgan fingerprint density at radius 1 is 1.53 bits per heavy atom. The Kier molecular flexibility index (Phi) is 8.36. The van der Waals surface area contributed by atoms with Crippen molar-refractivity contribution in [3.63, 3.8) is 0 Å². The Labute approximate surface area is 118 Å². The van der Waals surface area contributed by atoms with Gasteiger partial charge in [0.2, 0.25) is 5.91 Å². The maximum absolute atomic E-state index is 11.7. The summed E-state index contributed by atoms with van der Waals surface area (Å²) in [5, 5.41) is 14.6. The van der Waals surface area contributed by atoms with Crippen LogP contribution in [0.3, 0.4) is 0 Å². The van der Waals surface area contributed by atoms with Gasteiger partial charge in [-0.05, 0) is 31.2 Å². The average molecular weight is 286 g/mol. The first-order valence-electron chi connectivity index (χ1n) is 6.46. The van der Waals surface area contributed by atoms with Crippen LogP contribution >= 0.6 is 11.8 Å². The van der Waals surface area contributed by atoms with Gasteiger partial charge in [0.25, 0.3) is 0 Å². The zero-order valence-corrected chi connectivity index (χ0v) is 12.0. The third kappa shape index (κ3) is 7.25. The summed E-state index contributed by atoms with van der Waals surface area (Å²) in [5.41, 5.74) is 0. The number of furan rings is 1. The van der Waals surface area contributed by atoms with Crippen LogP contribution in [0.2, 0.25) is 0 Å². The van der Waals surface area contributed by atoms with Crippen LogP contribution in [-0.4, -0.2) is 41.7 Å². The topological polar surface area (TPSA) is 74.5 Å². The quantitative estimate of drug-likeness (QED) is 0.559. The lowest BCUT2D eigenvalue weighted by Crippen LogP contribution is -2.42. The van der Waals surface area contributed by atoms with Gasteiger partial charge >= 0.3 is 0 Å². The molecule has 1 heterocycles. The van der Waals surface area contributed by atoms with Crippen molar-refractivity contribution in [1.29, 1.82) is 0 Å². The summed E-state index contributed by atoms with van der Waals surface area (Å²) in [4.78, 5) is 11.7. The van der Waals surface area contributed by atoms with Crippen molar-refractivity contribution in [2.75, 3.05) is 24.7 Å². The number of hydrogen-bond acceptors (Lipinski definition) is 5. The lowest BCUT2D eigenvalue weighted by molar-refractivity contribution is -0.122. The lowest BCUT2D eigenvalue weighted by atomic mass is 10.3. The Hall–Kier alpha value is -0.980. The lowest BCUT2D eigenvalue weighted by Gasteiger charge is -2.13. The fourth-order valence-corrected chi connectivity index (χ4v) is 2.25. The molecule has 0 aliphatic carbocycles. The van der Waals surface area contributed by atoms with E-state index in [0.717, 1.165) is 30.2 Å². The molecule has 0 fully saturated rings. The number of carbonyl (C=O) groups excluding carboxylic acids is 1. The first-order chi connectivity index (χ1) is 9.24. The van der Waals surface area contributed by atoms with E-state index in [1.807, 2.05) is 13.0 Å². The highest BCUT2D eigenvalue weighted by molar-refractivity contribution is 7.99. The van der Waals surface area contributed by atoms with Crippen LogP contribution in [0.4, 0.5) is 0 Å². The first-order valence-corrected chi connectivity index (χ1v) is 7.61. The largest absolute Gasteiger partial charge is 0.467 e. The van der Waals surface area contributed by atoms with Crippen LogP contribution < -0.4 is 10.6 Å². The van der Waals surface area contributed by atoms with Gasteiger partial charge in [0, 0.05) is 18.9 Å². The van der Waals surface area contributed by atoms with Gasteiger partial charge in [-0.15, -0.1) is 0 Å². The maximum Gasteiger partial charge on any atom is 0.237 e. The number of rotatable bonds is 10. The Balaban J connectivity index is 2.04. The highest BCUT2D eigenvalue weighted by atomic mass is 32.2. The van der Waals surface area contributed by atoms with Crippen LogP contribution in [-0.2, 0) is 11.3 Å². The van der Waals surface area contributed by atoms with Gasteiger partial charge in [-0.3, -0.25) is 4.79 Å². The number of thioether (sulfide) groups is 1. The standard InChI is InChI=1S/C13H22N2O3S/c1-11(14-5-9-19-8-3-6-16)13(17)15-10-12-4-2-7-18-12/h2,4,7,11,14,16H,3,5-6,8-10H2,1H3,(H,15,17). The molecule has 0 aromatic carbocycles. The van der Waals surface area contributed by atoms with Crippen molar-refractivity contribution in [2.24, 2.45) is 0 Å². The second-order valence-corrected chi connectivity index (χ2v) is 5.39. The molecule has 108 valence electrons. The summed E-state index contributed by atoms with van der Waals surface area (Å²) in [6, 6.07) is 3.41. The second kappa shape index (κ2) is 9.89. The van der Waals surface area contributed by atoms with Gasteiger partial charge in [0.05, 0.1) is 18.8 Å². The van der Waals surface area contributed by atoms with E-state index in [2.05, 4.69) is 10.6 Å². The zero-order valence-electron chi connectivity index (χ0n) is 11.2. The summed E-state index contributed by atoms with van der Waals surface area (Å²) in [6.07, 6.45) is 2.41. The summed E-state index contributed by atoms with van der Waals surface area (Å²) >= 11 is 1.77. The minimum absolute atomic E-state index is 0.0308. The summed E-state index contributed by atoms with van der Waals surface area (Å²) in [7, 11) is 0. The molecule has 5 nitrogen and oxygen atoms in total. The number of aliphatic hydroxyl groups excluding tert-OH is 1. The SMILES string of the molecule is CC(NCCSCCCO)C(=O)NCc1ccco1. The molecule has 1 unspecified atom stereocenters. The number of hydrogen-bond donors (Lipinski definition) is 3. The summed E-state index contributed by atoms with van der Waals surface area (Å²) in [5.74, 6) is 2.62. The molecule has 1 aromatic heterocycles. The van der Waals surface area contributed by atoms with Gasteiger partial charge < -0.3 is 20.2 Å². The first kappa shape index (κ1) is 16.1. The number of aliphatic hydroxyl groups is 1. The van der Waals surface area contributed by atoms with Crippen molar-refractivity contribution in [2.45, 2.75) is 25.9 Å². The van der Waals surface area contributed by atoms with E-state index in [1.165, 1.54) is 0 Å². The van der Waals surface area contributed by atoms with E-state index < -0.39 is 0 Å². The van der Waals surface area contributed by atoms with Crippen molar-refractivity contribution in [3.05, 3.63) is 24.2 Å². The number of nitrogens with one attached hydrogen (secondary N) is 2. The van der Waals surface area contributed by atoms with Crippen molar-refractivity contribution in [1.82, 2.24) is 10.6 Å². The smallest absolute Gasteiger partial charge is 0.237 e. The third-order valence-corrected chi connectivity index (χ3v) is 3.62. The minimum Gasteiger partial charge on any atom is -0.467 e. The average Bonchev–Trinajstić information content (AvgIpc) is 2.93. The molecule has 3 N–H and O–H groups in total. The van der Waals surface area contributed by atoms with Gasteiger partial charge in [-0.1, -0.05) is 0 Å². The van der Waals surface area contributed by atoms with E-state index in [4.69, 9.17) is 9.52 Å². The fourth-order valence-electron chi connectivity index (χ4n) is 1.45. The monoisotopic (exact) mass is 286 g/mol. The van der Waals surface area contributed by atoms with Crippen LogP contribution in [0.25, 0.3) is 0 Å². The molecule has 0 radical (unpaired) electrons. The van der Waals surface area contributed by atoms with Gasteiger partial charge in [0.1, 0.15) is 5.76 Å². The van der Waals surface area contributed by atoms with Crippen molar-refractivity contribution in [3.8, 4) is 0 Å². The van der Waals surface area contributed by atoms with Crippen LogP contribution in [0.15, 0.2) is 22.8 Å². The van der Waals surface area contributed by atoms with Gasteiger partial charge in [0.15, 0.2) is 0 Å². The van der Waals surface area contributed by atoms with E-state index in [1.54, 1.807) is 24.1 Å². The van der Waals surface area contributed by atoms with E-state index in [9.17, 15) is 4.79 Å². The van der Waals surface area contributed by atoms with Gasteiger partial charge in [-0.2, -0.15) is 11.8 Å². The Morgan fingerprint density at radius 3 is 3.05 bits per heavy atom. The molecule has 0 saturated carbocycles. The molecule has 1 aromatic rings. The Bertz CT molecular complexity index is 344. The molecule has 6 heteroatoms. The molecular weight excluding hydrogens is 264 g/mol. The van der Waals surface area contributed by atoms with Crippen molar-refractivity contribution >= 4 is 17.7 Å². The molecule has 0 aliphatic heterocycles. The van der Waals surface area contributed by atoms with Crippen molar-refractivity contribution < 1.29 is 14.3 Å². The number of amides is 1. The number of carbonyl (C=O) groups is 1. The van der Waals surface area contributed by atoms with E-state index in [0.29, 0.717) is 6.54 Å². The molecule has 0 aliphatic rings. The molecule has 0 spiro atoms. The molecule has 19 heavy (non-hydrogen) atoms. The fraction of sp³-hybridized carbons (Fsp3) is 0.615. The van der Waals surface area contributed by atoms with Crippen LogP contribution in [0.1, 0.15) is 19.1 Å². The van der Waals surface area contributed by atoms with Crippen LogP contribution in [0, 0.1) is 0 Å². The molecule has 1 amide bonds. The third-order valence-electron chi connectivity index (χ3n) is 2.55. The van der Waals surface area contributed by atoms with E-state index in [-0.39, 0.29) is 18.6 Å². The normalized spacial score (nSPS) is 12.3. The summed E-state index contributed by atoms with van der Waals surface area (Å²) < 4.78 is 5.14. The molecule has 0 bridgehead atoms. The predicted octanol–water partition coefficient (Wildman–Crippen LogP) is 0.989. The molecule has 1 atom stereocenters. The predicted molar refractivity (Wildman–Crippen MR) is 77.0 cm³/mol. The molecule has 0 saturated heterocycles. The molecule has 1 rings (SSSR count). The summed E-state index contributed by atoms with van der Waals surface area (Å²) in [6.45, 7) is 3.29. The van der Waals surface area contributed by atoms with E-state index >= 15 is 0 Å². The minimum atomic E-state index is -0.214. The Morgan fingerprint density at radius 2 is 2.37 bits per heavy atom. The maximum atomic E-state index is 11.7.